The van der Waals surface area contributed by atoms with Crippen molar-refractivity contribution in [3.8, 4) is 0 Å². The Morgan fingerprint density at radius 1 is 1.38 bits per heavy atom. The van der Waals surface area contributed by atoms with E-state index in [0.717, 1.165) is 45.8 Å². The summed E-state index contributed by atoms with van der Waals surface area (Å²) in [5.74, 6) is -0.178. The van der Waals surface area contributed by atoms with Gasteiger partial charge in [0.25, 0.3) is 5.91 Å². The molecule has 0 spiro atoms. The summed E-state index contributed by atoms with van der Waals surface area (Å²) in [7, 11) is 0. The number of thiophene rings is 1. The Hall–Kier alpha value is -1.22. The van der Waals surface area contributed by atoms with Crippen molar-refractivity contribution in [3.63, 3.8) is 0 Å². The number of carbonyl (C=O) groups excluding carboxylic acids is 1. The van der Waals surface area contributed by atoms with Crippen LogP contribution in [0.3, 0.4) is 0 Å². The average Bonchev–Trinajstić information content (AvgIpc) is 3.05. The fourth-order valence-electron chi connectivity index (χ4n) is 1.96. The molecule has 0 radical (unpaired) electrons. The first-order valence-corrected chi connectivity index (χ1v) is 8.22. The van der Waals surface area contributed by atoms with Crippen molar-refractivity contribution >= 4 is 34.6 Å². The lowest BCUT2D eigenvalue weighted by Crippen LogP contribution is -2.47. The van der Waals surface area contributed by atoms with Crippen LogP contribution in [0.1, 0.15) is 16.1 Å². The van der Waals surface area contributed by atoms with Gasteiger partial charge in [-0.3, -0.25) is 20.5 Å². The minimum Gasteiger partial charge on any atom is -0.379 e. The van der Waals surface area contributed by atoms with E-state index in [-0.39, 0.29) is 5.91 Å². The standard InChI is InChI=1S/C13H20N4O2S2/c18-12(11-3-1-10-21-11)15-16-13(20)14-4-2-5-17-6-8-19-9-7-17/h1,3,10H,2,4-9H2,(H,15,18)(H2,14,16,20). The molecule has 21 heavy (non-hydrogen) atoms. The SMILES string of the molecule is O=C(NNC(=S)NCCCN1CCOCC1)c1cccs1. The van der Waals surface area contributed by atoms with Crippen molar-refractivity contribution in [3.05, 3.63) is 22.4 Å². The lowest BCUT2D eigenvalue weighted by molar-refractivity contribution is 0.0376. The Bertz CT molecular complexity index is 447. The van der Waals surface area contributed by atoms with Crippen LogP contribution in [0.25, 0.3) is 0 Å². The van der Waals surface area contributed by atoms with E-state index >= 15 is 0 Å². The highest BCUT2D eigenvalue weighted by atomic mass is 32.1. The molecule has 1 fully saturated rings. The zero-order chi connectivity index (χ0) is 14.9. The van der Waals surface area contributed by atoms with Gasteiger partial charge >= 0.3 is 0 Å². The van der Waals surface area contributed by atoms with E-state index in [1.807, 2.05) is 11.4 Å². The van der Waals surface area contributed by atoms with Crippen LogP contribution in [0.15, 0.2) is 17.5 Å². The fourth-order valence-corrected chi connectivity index (χ4v) is 2.73. The molecule has 2 rings (SSSR count). The number of hydrogen-bond donors (Lipinski definition) is 3. The Kier molecular flexibility index (Phi) is 6.87. The van der Waals surface area contributed by atoms with Crippen molar-refractivity contribution in [2.75, 3.05) is 39.4 Å². The van der Waals surface area contributed by atoms with Gasteiger partial charge in [0, 0.05) is 19.6 Å². The van der Waals surface area contributed by atoms with E-state index < -0.39 is 0 Å². The second-order valence-corrected chi connectivity index (χ2v) is 5.98. The summed E-state index contributed by atoms with van der Waals surface area (Å²) in [5.41, 5.74) is 5.27. The molecule has 1 aliphatic rings. The molecule has 0 atom stereocenters. The summed E-state index contributed by atoms with van der Waals surface area (Å²) in [4.78, 5) is 14.7. The van der Waals surface area contributed by atoms with Gasteiger partial charge < -0.3 is 10.1 Å². The third-order valence-electron chi connectivity index (χ3n) is 3.07. The van der Waals surface area contributed by atoms with Gasteiger partial charge in [-0.1, -0.05) is 6.07 Å². The maximum atomic E-state index is 11.7. The number of hydrazine groups is 1. The monoisotopic (exact) mass is 328 g/mol. The van der Waals surface area contributed by atoms with Crippen molar-refractivity contribution in [2.45, 2.75) is 6.42 Å². The molecule has 1 aromatic rings. The largest absolute Gasteiger partial charge is 0.379 e. The van der Waals surface area contributed by atoms with Gasteiger partial charge in [0.2, 0.25) is 0 Å². The second-order valence-electron chi connectivity index (χ2n) is 4.62. The highest BCUT2D eigenvalue weighted by Gasteiger charge is 2.09. The number of amides is 1. The van der Waals surface area contributed by atoms with Crippen LogP contribution in [-0.4, -0.2) is 55.3 Å². The molecule has 1 amide bonds. The van der Waals surface area contributed by atoms with Crippen LogP contribution in [0, 0.1) is 0 Å². The van der Waals surface area contributed by atoms with E-state index in [9.17, 15) is 4.79 Å². The van der Waals surface area contributed by atoms with Crippen LogP contribution in [0.4, 0.5) is 0 Å². The third-order valence-corrected chi connectivity index (χ3v) is 4.19. The minimum absolute atomic E-state index is 0.178. The van der Waals surface area contributed by atoms with Gasteiger partial charge in [-0.15, -0.1) is 11.3 Å². The molecule has 3 N–H and O–H groups in total. The molecule has 0 bridgehead atoms. The van der Waals surface area contributed by atoms with Crippen molar-refractivity contribution in [1.29, 1.82) is 0 Å². The summed E-state index contributed by atoms with van der Waals surface area (Å²) in [6.07, 6.45) is 1.00. The molecule has 1 aromatic heterocycles. The number of nitrogens with one attached hydrogen (secondary N) is 3. The number of nitrogens with zero attached hydrogens (tertiary/aromatic N) is 1. The molecule has 0 aromatic carbocycles. The third kappa shape index (κ3) is 5.96. The first-order valence-electron chi connectivity index (χ1n) is 6.93. The van der Waals surface area contributed by atoms with E-state index in [1.54, 1.807) is 6.07 Å². The highest BCUT2D eigenvalue weighted by Crippen LogP contribution is 2.06. The Labute approximate surface area is 133 Å². The Morgan fingerprint density at radius 2 is 2.19 bits per heavy atom. The molecule has 0 saturated carbocycles. The number of carbonyl (C=O) groups is 1. The summed E-state index contributed by atoms with van der Waals surface area (Å²) >= 11 is 6.49. The van der Waals surface area contributed by atoms with Gasteiger partial charge in [0.15, 0.2) is 5.11 Å². The lowest BCUT2D eigenvalue weighted by atomic mass is 10.3. The molecule has 1 saturated heterocycles. The molecule has 0 aliphatic carbocycles. The van der Waals surface area contributed by atoms with E-state index in [0.29, 0.717) is 9.99 Å². The zero-order valence-corrected chi connectivity index (χ0v) is 13.4. The van der Waals surface area contributed by atoms with Crippen LogP contribution in [0.5, 0.6) is 0 Å². The minimum atomic E-state index is -0.178. The smallest absolute Gasteiger partial charge is 0.279 e. The average molecular weight is 328 g/mol. The predicted molar refractivity (Wildman–Crippen MR) is 87.4 cm³/mol. The number of rotatable bonds is 5. The van der Waals surface area contributed by atoms with Crippen molar-refractivity contribution in [1.82, 2.24) is 21.1 Å². The van der Waals surface area contributed by atoms with Gasteiger partial charge in [0.05, 0.1) is 18.1 Å². The van der Waals surface area contributed by atoms with Gasteiger partial charge in [-0.05, 0) is 36.6 Å². The molecule has 8 heteroatoms. The lowest BCUT2D eigenvalue weighted by Gasteiger charge is -2.26. The van der Waals surface area contributed by atoms with E-state index in [1.165, 1.54) is 11.3 Å². The molecule has 2 heterocycles. The molecule has 6 nitrogen and oxygen atoms in total. The van der Waals surface area contributed by atoms with Crippen LogP contribution >= 0.6 is 23.6 Å². The van der Waals surface area contributed by atoms with Crippen LogP contribution in [-0.2, 0) is 4.74 Å². The topological polar surface area (TPSA) is 65.6 Å². The predicted octanol–water partition coefficient (Wildman–Crippen LogP) is 0.579. The van der Waals surface area contributed by atoms with Crippen molar-refractivity contribution in [2.24, 2.45) is 0 Å². The zero-order valence-electron chi connectivity index (χ0n) is 11.8. The van der Waals surface area contributed by atoms with E-state index in [2.05, 4.69) is 21.1 Å². The Balaban J connectivity index is 1.52. The number of ether oxygens (including phenoxy) is 1. The summed E-state index contributed by atoms with van der Waals surface area (Å²) in [5, 5.41) is 5.36. The summed E-state index contributed by atoms with van der Waals surface area (Å²) < 4.78 is 5.30. The maximum Gasteiger partial charge on any atom is 0.279 e. The van der Waals surface area contributed by atoms with Crippen LogP contribution < -0.4 is 16.2 Å². The van der Waals surface area contributed by atoms with Gasteiger partial charge in [-0.2, -0.15) is 0 Å². The van der Waals surface area contributed by atoms with Crippen molar-refractivity contribution < 1.29 is 9.53 Å². The molecular formula is C13H20N4O2S2. The fraction of sp³-hybridized carbons (Fsp3) is 0.538. The first-order chi connectivity index (χ1) is 10.3. The summed E-state index contributed by atoms with van der Waals surface area (Å²) in [6, 6.07) is 3.60. The quantitative estimate of drug-likeness (QED) is 0.417. The van der Waals surface area contributed by atoms with E-state index in [4.69, 9.17) is 17.0 Å². The number of morpholine rings is 1. The van der Waals surface area contributed by atoms with Gasteiger partial charge in [0.1, 0.15) is 0 Å². The first kappa shape index (κ1) is 16.2. The van der Waals surface area contributed by atoms with Crippen LogP contribution in [0.2, 0.25) is 0 Å². The summed E-state index contributed by atoms with van der Waals surface area (Å²) in [6.45, 7) is 5.45. The Morgan fingerprint density at radius 3 is 2.90 bits per heavy atom. The molecule has 116 valence electrons. The maximum absolute atomic E-state index is 11.7. The highest BCUT2D eigenvalue weighted by molar-refractivity contribution is 7.80. The molecule has 1 aliphatic heterocycles. The molecular weight excluding hydrogens is 308 g/mol. The normalized spacial score (nSPS) is 15.4. The molecule has 0 unspecified atom stereocenters. The van der Waals surface area contributed by atoms with Gasteiger partial charge in [-0.25, -0.2) is 0 Å². The second kappa shape index (κ2) is 8.93. The number of hydrogen-bond acceptors (Lipinski definition) is 5. The number of thiocarbonyl (C=S) groups is 1.